The van der Waals surface area contributed by atoms with Gasteiger partial charge in [0.25, 0.3) is 5.91 Å². The van der Waals surface area contributed by atoms with E-state index in [9.17, 15) is 4.79 Å². The van der Waals surface area contributed by atoms with Gasteiger partial charge in [-0.2, -0.15) is 0 Å². The van der Waals surface area contributed by atoms with Crippen molar-refractivity contribution in [2.45, 2.75) is 57.5 Å². The lowest BCUT2D eigenvalue weighted by molar-refractivity contribution is 0.0927. The van der Waals surface area contributed by atoms with E-state index in [0.29, 0.717) is 19.2 Å². The number of rotatable bonds is 7. The van der Waals surface area contributed by atoms with E-state index in [-0.39, 0.29) is 42.6 Å². The average Bonchev–Trinajstić information content (AvgIpc) is 3.28. The third-order valence-corrected chi connectivity index (χ3v) is 5.96. The first-order valence-corrected chi connectivity index (χ1v) is 11.3. The molecule has 0 saturated heterocycles. The van der Waals surface area contributed by atoms with E-state index in [0.717, 1.165) is 60.3 Å². The van der Waals surface area contributed by atoms with Crippen molar-refractivity contribution in [3.05, 3.63) is 29.6 Å². The second kappa shape index (κ2) is 12.9. The highest BCUT2D eigenvalue weighted by Crippen LogP contribution is 2.27. The Morgan fingerprint density at radius 2 is 1.85 bits per heavy atom. The number of nitrogens with zero attached hydrogens (tertiary/aromatic N) is 3. The zero-order valence-electron chi connectivity index (χ0n) is 19.2. The minimum atomic E-state index is -0.291. The van der Waals surface area contributed by atoms with Crippen LogP contribution in [0.5, 0.6) is 0 Å². The number of carbonyl (C=O) groups is 1. The zero-order valence-corrected chi connectivity index (χ0v) is 20.9. The molecular formula is C23H34Cl2N6O2. The van der Waals surface area contributed by atoms with Crippen molar-refractivity contribution in [2.75, 3.05) is 32.1 Å². The number of nitrogens with one attached hydrogen (secondary N) is 3. The second-order valence-corrected chi connectivity index (χ2v) is 8.38. The number of aliphatic imine (C=N–C) groups is 1. The number of amides is 1. The third-order valence-electron chi connectivity index (χ3n) is 5.96. The monoisotopic (exact) mass is 496 g/mol. The number of hydrogen-bond acceptors (Lipinski definition) is 7. The summed E-state index contributed by atoms with van der Waals surface area (Å²) in [5.74, 6) is 1.73. The maximum atomic E-state index is 12.6. The van der Waals surface area contributed by atoms with Crippen molar-refractivity contribution in [2.24, 2.45) is 4.99 Å². The van der Waals surface area contributed by atoms with Gasteiger partial charge in [0, 0.05) is 44.1 Å². The van der Waals surface area contributed by atoms with Crippen molar-refractivity contribution in [3.8, 4) is 0 Å². The van der Waals surface area contributed by atoms with E-state index >= 15 is 0 Å². The fourth-order valence-electron chi connectivity index (χ4n) is 4.32. The molecule has 3 N–H and O–H groups in total. The summed E-state index contributed by atoms with van der Waals surface area (Å²) < 4.78 is 5.02. The number of aryl methyl sites for hydroxylation is 1. The molecule has 1 aliphatic carbocycles. The van der Waals surface area contributed by atoms with Gasteiger partial charge in [0.15, 0.2) is 0 Å². The molecule has 1 amide bonds. The molecule has 182 valence electrons. The number of halogens is 2. The number of fused-ring (bicyclic) bond motifs is 1. The van der Waals surface area contributed by atoms with Crippen molar-refractivity contribution in [3.63, 3.8) is 0 Å². The summed E-state index contributed by atoms with van der Waals surface area (Å²) in [5.41, 5.74) is 1.90. The quantitative estimate of drug-likeness (QED) is 0.505. The van der Waals surface area contributed by atoms with E-state index in [4.69, 9.17) is 4.74 Å². The first-order chi connectivity index (χ1) is 15.1. The van der Waals surface area contributed by atoms with Gasteiger partial charge in [0.05, 0.1) is 18.0 Å². The average molecular weight is 497 g/mol. The molecule has 0 radical (unpaired) electrons. The maximum absolute atomic E-state index is 12.6. The molecule has 2 heterocycles. The number of hydrogen-bond donors (Lipinski definition) is 3. The van der Waals surface area contributed by atoms with Crippen LogP contribution < -0.4 is 16.0 Å². The lowest BCUT2D eigenvalue weighted by Crippen LogP contribution is -2.48. The lowest BCUT2D eigenvalue weighted by atomic mass is 9.90. The molecule has 1 aliphatic heterocycles. The Morgan fingerprint density at radius 1 is 1.09 bits per heavy atom. The van der Waals surface area contributed by atoms with Gasteiger partial charge in [-0.1, -0.05) is 24.5 Å². The number of methoxy groups -OCH3 is 1. The maximum Gasteiger partial charge on any atom is 0.289 e. The highest BCUT2D eigenvalue weighted by Gasteiger charge is 2.27. The highest BCUT2D eigenvalue weighted by molar-refractivity contribution is 5.96. The van der Waals surface area contributed by atoms with Crippen LogP contribution in [0.15, 0.2) is 23.2 Å². The summed E-state index contributed by atoms with van der Waals surface area (Å²) in [6.07, 6.45) is 6.70. The van der Waals surface area contributed by atoms with E-state index in [1.54, 1.807) is 7.11 Å². The van der Waals surface area contributed by atoms with Crippen LogP contribution in [0.4, 0.5) is 5.82 Å². The molecule has 1 aromatic heterocycles. The van der Waals surface area contributed by atoms with Gasteiger partial charge in [-0.05, 0) is 38.3 Å². The number of aromatic nitrogens is 2. The molecule has 2 atom stereocenters. The minimum absolute atomic E-state index is 0. The van der Waals surface area contributed by atoms with E-state index in [1.165, 1.54) is 12.8 Å². The summed E-state index contributed by atoms with van der Waals surface area (Å²) in [7, 11) is 1.61. The lowest BCUT2D eigenvalue weighted by Gasteiger charge is -2.34. The Morgan fingerprint density at radius 3 is 2.55 bits per heavy atom. The third kappa shape index (κ3) is 6.91. The molecule has 1 aromatic carbocycles. The predicted octanol–water partition coefficient (Wildman–Crippen LogP) is 3.66. The van der Waals surface area contributed by atoms with Crippen LogP contribution in [0.3, 0.4) is 0 Å². The Kier molecular flexibility index (Phi) is 10.6. The SMILES string of the molecule is COCCNC(=O)c1nc(N[C@H]2CCCC[C@H]2NC2=NCCC2)c2cc(C)ccc2n1.Cl.Cl. The first-order valence-electron chi connectivity index (χ1n) is 11.3. The number of benzene rings is 1. The van der Waals surface area contributed by atoms with Crippen LogP contribution in [0.1, 0.15) is 54.7 Å². The summed E-state index contributed by atoms with van der Waals surface area (Å²) in [4.78, 5) is 26.4. The normalized spacial score (nSPS) is 19.8. The molecule has 0 unspecified atom stereocenters. The molecule has 1 saturated carbocycles. The summed E-state index contributed by atoms with van der Waals surface area (Å²) in [5, 5.41) is 11.1. The summed E-state index contributed by atoms with van der Waals surface area (Å²) in [6, 6.07) is 6.57. The van der Waals surface area contributed by atoms with Gasteiger partial charge < -0.3 is 20.7 Å². The van der Waals surface area contributed by atoms with E-state index < -0.39 is 0 Å². The smallest absolute Gasteiger partial charge is 0.289 e. The molecular weight excluding hydrogens is 463 g/mol. The summed E-state index contributed by atoms with van der Waals surface area (Å²) >= 11 is 0. The fraction of sp³-hybridized carbons (Fsp3) is 0.565. The van der Waals surface area contributed by atoms with Crippen molar-refractivity contribution in [1.29, 1.82) is 0 Å². The Bertz CT molecular complexity index is 971. The van der Waals surface area contributed by atoms with Gasteiger partial charge in [0.1, 0.15) is 5.82 Å². The molecule has 8 nitrogen and oxygen atoms in total. The minimum Gasteiger partial charge on any atom is -0.383 e. The van der Waals surface area contributed by atoms with Crippen LogP contribution >= 0.6 is 24.8 Å². The summed E-state index contributed by atoms with van der Waals surface area (Å²) in [6.45, 7) is 3.84. The van der Waals surface area contributed by atoms with E-state index in [2.05, 4.69) is 43.9 Å². The van der Waals surface area contributed by atoms with Gasteiger partial charge in [-0.15, -0.1) is 24.8 Å². The van der Waals surface area contributed by atoms with Crippen LogP contribution in [0.2, 0.25) is 0 Å². The van der Waals surface area contributed by atoms with Crippen molar-refractivity contribution in [1.82, 2.24) is 20.6 Å². The number of carbonyl (C=O) groups excluding carboxylic acids is 1. The molecule has 0 bridgehead atoms. The standard InChI is InChI=1S/C23H32N6O2.2ClH/c1-15-9-10-17-16(14-15)21(29-22(27-17)23(30)25-12-13-31-2)28-19-7-4-3-6-18(19)26-20-8-5-11-24-20;;/h9-10,14,18-19H,3-8,11-13H2,1-2H3,(H,24,26)(H,25,30)(H,27,28,29);2*1H/t18-,19+;;/m1../s1. The van der Waals surface area contributed by atoms with Crippen LogP contribution in [0.25, 0.3) is 10.9 Å². The Labute approximate surface area is 207 Å². The van der Waals surface area contributed by atoms with Gasteiger partial charge >= 0.3 is 0 Å². The molecule has 4 rings (SSSR count). The van der Waals surface area contributed by atoms with Gasteiger partial charge in [-0.3, -0.25) is 9.79 Å². The molecule has 2 aromatic rings. The fourth-order valence-corrected chi connectivity index (χ4v) is 4.32. The van der Waals surface area contributed by atoms with Gasteiger partial charge in [0.2, 0.25) is 5.82 Å². The number of amidine groups is 1. The topological polar surface area (TPSA) is 101 Å². The second-order valence-electron chi connectivity index (χ2n) is 8.38. The molecule has 33 heavy (non-hydrogen) atoms. The number of ether oxygens (including phenoxy) is 1. The van der Waals surface area contributed by atoms with Crippen LogP contribution in [0, 0.1) is 6.92 Å². The predicted molar refractivity (Wildman–Crippen MR) is 137 cm³/mol. The zero-order chi connectivity index (χ0) is 21.6. The molecule has 1 fully saturated rings. The first kappa shape index (κ1) is 27.1. The van der Waals surface area contributed by atoms with Gasteiger partial charge in [-0.25, -0.2) is 9.97 Å². The number of anilines is 1. The highest BCUT2D eigenvalue weighted by atomic mass is 35.5. The molecule has 2 aliphatic rings. The Hall–Kier alpha value is -2.16. The van der Waals surface area contributed by atoms with Crippen molar-refractivity contribution >= 4 is 53.3 Å². The Balaban J connectivity index is 0.00000193. The molecule has 0 spiro atoms. The van der Waals surface area contributed by atoms with E-state index in [1.807, 2.05) is 12.1 Å². The van der Waals surface area contributed by atoms with Crippen LogP contribution in [-0.4, -0.2) is 60.6 Å². The van der Waals surface area contributed by atoms with Crippen LogP contribution in [-0.2, 0) is 4.74 Å². The van der Waals surface area contributed by atoms with Crippen molar-refractivity contribution < 1.29 is 9.53 Å². The molecule has 10 heteroatoms. The largest absolute Gasteiger partial charge is 0.383 e.